The van der Waals surface area contributed by atoms with Crippen LogP contribution < -0.4 is 5.32 Å². The van der Waals surface area contributed by atoms with Crippen molar-refractivity contribution in [2.24, 2.45) is 5.92 Å². The summed E-state index contributed by atoms with van der Waals surface area (Å²) in [6.45, 7) is 13.1. The van der Waals surface area contributed by atoms with Crippen LogP contribution in [-0.2, 0) is 0 Å². The lowest BCUT2D eigenvalue weighted by Gasteiger charge is -2.31. The van der Waals surface area contributed by atoms with Crippen molar-refractivity contribution in [1.29, 1.82) is 0 Å². The third-order valence-corrected chi connectivity index (χ3v) is 5.11. The predicted molar refractivity (Wildman–Crippen MR) is 101 cm³/mol. The number of rotatable bonds is 6. The minimum atomic E-state index is -2.46. The van der Waals surface area contributed by atoms with Crippen molar-refractivity contribution in [3.63, 3.8) is 0 Å². The van der Waals surface area contributed by atoms with Crippen LogP contribution >= 0.6 is 0 Å². The second-order valence-electron chi connectivity index (χ2n) is 7.23. The van der Waals surface area contributed by atoms with E-state index in [2.05, 4.69) is 41.7 Å². The molecule has 0 radical (unpaired) electrons. The number of alkyl halides is 2. The molecule has 1 N–H and O–H groups in total. The molecule has 0 atom stereocenters. The maximum Gasteiger partial charge on any atom is 0.248 e. The molecule has 0 aromatic carbocycles. The first-order valence-electron chi connectivity index (χ1n) is 8.99. The fourth-order valence-electron chi connectivity index (χ4n) is 3.63. The normalized spacial score (nSPS) is 22.9. The van der Waals surface area contributed by atoms with Gasteiger partial charge in [-0.3, -0.25) is 0 Å². The first kappa shape index (κ1) is 19.5. The summed E-state index contributed by atoms with van der Waals surface area (Å²) < 4.78 is 26.7. The zero-order chi connectivity index (χ0) is 18.6. The van der Waals surface area contributed by atoms with Gasteiger partial charge in [0.2, 0.25) is 5.92 Å². The lowest BCUT2D eigenvalue weighted by atomic mass is 9.86. The molecule has 2 aliphatic rings. The van der Waals surface area contributed by atoms with Crippen molar-refractivity contribution in [1.82, 2.24) is 10.2 Å². The van der Waals surface area contributed by atoms with Gasteiger partial charge in [-0.05, 0) is 49.8 Å². The summed E-state index contributed by atoms with van der Waals surface area (Å²) in [4.78, 5) is 2.20. The summed E-state index contributed by atoms with van der Waals surface area (Å²) in [5, 5.41) is 3.17. The maximum absolute atomic E-state index is 13.3. The number of nitrogens with one attached hydrogen (secondary N) is 1. The van der Waals surface area contributed by atoms with E-state index in [0.29, 0.717) is 18.8 Å². The van der Waals surface area contributed by atoms with Crippen LogP contribution in [0.25, 0.3) is 0 Å². The largest absolute Gasteiger partial charge is 0.391 e. The topological polar surface area (TPSA) is 15.3 Å². The Labute approximate surface area is 150 Å². The molecule has 0 unspecified atom stereocenters. The average molecular weight is 348 g/mol. The van der Waals surface area contributed by atoms with Crippen molar-refractivity contribution < 1.29 is 8.78 Å². The van der Waals surface area contributed by atoms with Crippen LogP contribution in [0.1, 0.15) is 46.0 Å². The number of nitrogens with zero attached hydrogens (tertiary/aromatic N) is 1. The fraction of sp³-hybridized carbons (Fsp3) is 0.524. The van der Waals surface area contributed by atoms with Gasteiger partial charge in [0.05, 0.1) is 0 Å². The van der Waals surface area contributed by atoms with Crippen molar-refractivity contribution in [2.75, 3.05) is 13.6 Å². The predicted octanol–water partition coefficient (Wildman–Crippen LogP) is 5.54. The van der Waals surface area contributed by atoms with Crippen LogP contribution in [0.2, 0.25) is 0 Å². The highest BCUT2D eigenvalue weighted by molar-refractivity contribution is 5.51. The second kappa shape index (κ2) is 8.03. The van der Waals surface area contributed by atoms with Gasteiger partial charge in [0.25, 0.3) is 0 Å². The number of halogens is 2. The number of hydrogen-bond donors (Lipinski definition) is 1. The van der Waals surface area contributed by atoms with E-state index >= 15 is 0 Å². The Hall–Kier alpha value is -1.84. The molecule has 25 heavy (non-hydrogen) atoms. The van der Waals surface area contributed by atoms with Gasteiger partial charge in [0.15, 0.2) is 0 Å². The summed E-state index contributed by atoms with van der Waals surface area (Å²) in [7, 11) is 1.89. The Balaban J connectivity index is 2.07. The minimum absolute atomic E-state index is 0.0187. The average Bonchev–Trinajstić information content (AvgIpc) is 2.95. The molecule has 1 aliphatic heterocycles. The number of hydrogen-bond acceptors (Lipinski definition) is 2. The molecule has 2 nitrogen and oxygen atoms in total. The summed E-state index contributed by atoms with van der Waals surface area (Å²) in [6, 6.07) is 0. The van der Waals surface area contributed by atoms with E-state index in [1.807, 2.05) is 20.9 Å². The van der Waals surface area contributed by atoms with Gasteiger partial charge in [-0.1, -0.05) is 19.2 Å². The molecule has 1 fully saturated rings. The minimum Gasteiger partial charge on any atom is -0.391 e. The van der Waals surface area contributed by atoms with Crippen LogP contribution in [-0.4, -0.2) is 24.4 Å². The van der Waals surface area contributed by atoms with Crippen molar-refractivity contribution in [3.8, 4) is 0 Å². The van der Waals surface area contributed by atoms with Crippen molar-refractivity contribution in [3.05, 3.63) is 59.6 Å². The lowest BCUT2D eigenvalue weighted by molar-refractivity contribution is -0.0471. The Kier molecular flexibility index (Phi) is 6.26. The van der Waals surface area contributed by atoms with Gasteiger partial charge >= 0.3 is 0 Å². The summed E-state index contributed by atoms with van der Waals surface area (Å²) in [5.41, 5.74) is 5.16. The van der Waals surface area contributed by atoms with Gasteiger partial charge < -0.3 is 10.2 Å². The van der Waals surface area contributed by atoms with Gasteiger partial charge in [-0.25, -0.2) is 8.78 Å². The van der Waals surface area contributed by atoms with E-state index in [9.17, 15) is 8.78 Å². The SMILES string of the molecule is C=C(C)/C(C(=C)/C=C1\CC=CN1CC1CCC(F)(F)CC1)=C(/C)NC. The lowest BCUT2D eigenvalue weighted by Crippen LogP contribution is -2.30. The van der Waals surface area contributed by atoms with Gasteiger partial charge in [-0.2, -0.15) is 0 Å². The van der Waals surface area contributed by atoms with E-state index in [1.54, 1.807) is 0 Å². The Morgan fingerprint density at radius 2 is 1.96 bits per heavy atom. The molecule has 0 amide bonds. The molecule has 0 aromatic heterocycles. The van der Waals surface area contributed by atoms with Crippen LogP contribution in [0.15, 0.2) is 59.6 Å². The first-order valence-corrected chi connectivity index (χ1v) is 8.99. The molecule has 2 rings (SSSR count). The molecule has 138 valence electrons. The molecule has 0 saturated heterocycles. The van der Waals surface area contributed by atoms with Crippen molar-refractivity contribution >= 4 is 0 Å². The summed E-state index contributed by atoms with van der Waals surface area (Å²) >= 11 is 0. The Morgan fingerprint density at radius 3 is 2.52 bits per heavy atom. The zero-order valence-corrected chi connectivity index (χ0v) is 15.7. The molecule has 1 heterocycles. The number of allylic oxidation sites excluding steroid dienone is 6. The van der Waals surface area contributed by atoms with E-state index < -0.39 is 5.92 Å². The van der Waals surface area contributed by atoms with E-state index in [1.165, 1.54) is 5.70 Å². The molecule has 4 heteroatoms. The van der Waals surface area contributed by atoms with Crippen LogP contribution in [0.4, 0.5) is 8.78 Å². The third kappa shape index (κ3) is 5.07. The van der Waals surface area contributed by atoms with E-state index in [4.69, 9.17) is 0 Å². The standard InChI is InChI=1S/C21H30F2N2/c1-15(2)20(17(4)24-5)16(3)13-19-7-6-12-25(19)14-18-8-10-21(22,23)11-9-18/h6,12-13,18,24H,1,3,7-11,14H2,2,4-5H3/b19-13+,20-17+. The highest BCUT2D eigenvalue weighted by Gasteiger charge is 2.35. The van der Waals surface area contributed by atoms with Gasteiger partial charge in [0, 0.05) is 56.0 Å². The molecule has 1 aliphatic carbocycles. The van der Waals surface area contributed by atoms with Crippen LogP contribution in [0.5, 0.6) is 0 Å². The van der Waals surface area contributed by atoms with Crippen LogP contribution in [0.3, 0.4) is 0 Å². The second-order valence-corrected chi connectivity index (χ2v) is 7.23. The first-order chi connectivity index (χ1) is 11.7. The molecule has 0 aromatic rings. The summed E-state index contributed by atoms with van der Waals surface area (Å²) in [6.07, 6.45) is 8.37. The quantitative estimate of drug-likeness (QED) is 0.634. The molecule has 0 spiro atoms. The highest BCUT2D eigenvalue weighted by atomic mass is 19.3. The van der Waals surface area contributed by atoms with Crippen molar-refractivity contribution in [2.45, 2.75) is 51.9 Å². The molecule has 1 saturated carbocycles. The Morgan fingerprint density at radius 1 is 1.32 bits per heavy atom. The Bertz CT molecular complexity index is 616. The van der Waals surface area contributed by atoms with Crippen LogP contribution in [0, 0.1) is 5.92 Å². The van der Waals surface area contributed by atoms with Gasteiger partial charge in [0.1, 0.15) is 0 Å². The third-order valence-electron chi connectivity index (χ3n) is 5.11. The molecular weight excluding hydrogens is 318 g/mol. The van der Waals surface area contributed by atoms with E-state index in [-0.39, 0.29) is 12.8 Å². The molecule has 0 bridgehead atoms. The smallest absolute Gasteiger partial charge is 0.248 e. The monoisotopic (exact) mass is 348 g/mol. The summed E-state index contributed by atoms with van der Waals surface area (Å²) in [5.74, 6) is -2.13. The molecular formula is C21H30F2N2. The fourth-order valence-corrected chi connectivity index (χ4v) is 3.63. The highest BCUT2D eigenvalue weighted by Crippen LogP contribution is 2.37. The van der Waals surface area contributed by atoms with E-state index in [0.717, 1.165) is 35.4 Å². The zero-order valence-electron chi connectivity index (χ0n) is 15.7. The maximum atomic E-state index is 13.3. The van der Waals surface area contributed by atoms with Gasteiger partial charge in [-0.15, -0.1) is 0 Å².